The van der Waals surface area contributed by atoms with Crippen molar-refractivity contribution in [1.82, 2.24) is 4.98 Å². The monoisotopic (exact) mass is 203 g/mol. The van der Waals surface area contributed by atoms with Crippen LogP contribution in [0.2, 0.25) is 0 Å². The van der Waals surface area contributed by atoms with Gasteiger partial charge in [-0.25, -0.2) is 4.98 Å². The van der Waals surface area contributed by atoms with Crippen LogP contribution in [0.3, 0.4) is 0 Å². The van der Waals surface area contributed by atoms with Crippen LogP contribution in [0.25, 0.3) is 0 Å². The number of aromatic nitrogens is 1. The first kappa shape index (κ1) is 9.16. The van der Waals surface area contributed by atoms with Crippen molar-refractivity contribution in [2.24, 2.45) is 11.7 Å². The molecule has 3 heteroatoms. The van der Waals surface area contributed by atoms with Gasteiger partial charge in [-0.1, -0.05) is 6.07 Å². The van der Waals surface area contributed by atoms with Crippen LogP contribution in [0, 0.1) is 5.92 Å². The van der Waals surface area contributed by atoms with E-state index in [9.17, 15) is 0 Å². The molecule has 2 N–H and O–H groups in total. The minimum atomic E-state index is 0.681. The summed E-state index contributed by atoms with van der Waals surface area (Å²) in [5.41, 5.74) is 8.39. The van der Waals surface area contributed by atoms with Crippen molar-refractivity contribution in [3.05, 3.63) is 23.4 Å². The van der Waals surface area contributed by atoms with Gasteiger partial charge in [0.1, 0.15) is 5.82 Å². The number of rotatable bonds is 2. The van der Waals surface area contributed by atoms with E-state index < -0.39 is 0 Å². The molecule has 1 aliphatic heterocycles. The second kappa shape index (κ2) is 3.49. The molecular weight excluding hydrogens is 186 g/mol. The number of nitrogens with zero attached hydrogens (tertiary/aromatic N) is 2. The molecule has 0 aromatic carbocycles. The van der Waals surface area contributed by atoms with Crippen molar-refractivity contribution in [2.75, 3.05) is 24.5 Å². The molecule has 2 aliphatic rings. The quantitative estimate of drug-likeness (QED) is 0.778. The maximum absolute atomic E-state index is 5.62. The maximum atomic E-state index is 5.62. The molecule has 1 aliphatic carbocycles. The molecule has 15 heavy (non-hydrogen) atoms. The number of hydrogen-bond acceptors (Lipinski definition) is 3. The lowest BCUT2D eigenvalue weighted by molar-refractivity contribution is 0.417. The third-order valence-electron chi connectivity index (χ3n) is 3.53. The molecule has 3 rings (SSSR count). The highest BCUT2D eigenvalue weighted by atomic mass is 15.2. The summed E-state index contributed by atoms with van der Waals surface area (Å²) in [5.74, 6) is 1.83. The van der Waals surface area contributed by atoms with E-state index in [1.165, 1.54) is 24.1 Å². The second-order valence-corrected chi connectivity index (χ2v) is 4.64. The summed E-state index contributed by atoms with van der Waals surface area (Å²) in [6.07, 6.45) is 3.66. The molecule has 0 radical (unpaired) electrons. The van der Waals surface area contributed by atoms with Gasteiger partial charge in [0, 0.05) is 24.7 Å². The van der Waals surface area contributed by atoms with Crippen molar-refractivity contribution in [3.8, 4) is 0 Å². The fourth-order valence-electron chi connectivity index (χ4n) is 2.49. The minimum absolute atomic E-state index is 0.681. The smallest absolute Gasteiger partial charge is 0.128 e. The molecule has 0 spiro atoms. The lowest BCUT2D eigenvalue weighted by Crippen LogP contribution is -2.50. The van der Waals surface area contributed by atoms with Gasteiger partial charge in [0.15, 0.2) is 0 Å². The topological polar surface area (TPSA) is 42.1 Å². The lowest BCUT2D eigenvalue weighted by atomic mass is 10.0. The van der Waals surface area contributed by atoms with E-state index in [1.807, 2.05) is 0 Å². The van der Waals surface area contributed by atoms with Crippen LogP contribution in [0.5, 0.6) is 0 Å². The zero-order valence-electron chi connectivity index (χ0n) is 8.95. The number of anilines is 1. The average Bonchev–Trinajstić information content (AvgIpc) is 2.63. The molecule has 3 nitrogen and oxygen atoms in total. The van der Waals surface area contributed by atoms with E-state index in [2.05, 4.69) is 17.0 Å². The Balaban J connectivity index is 1.77. The van der Waals surface area contributed by atoms with Crippen LogP contribution >= 0.6 is 0 Å². The summed E-state index contributed by atoms with van der Waals surface area (Å²) >= 11 is 0. The molecule has 1 fully saturated rings. The Morgan fingerprint density at radius 3 is 3.00 bits per heavy atom. The zero-order chi connectivity index (χ0) is 10.3. The second-order valence-electron chi connectivity index (χ2n) is 4.64. The van der Waals surface area contributed by atoms with Gasteiger partial charge in [-0.2, -0.15) is 0 Å². The Bertz CT molecular complexity index is 369. The van der Waals surface area contributed by atoms with Gasteiger partial charge in [0.25, 0.3) is 0 Å². The van der Waals surface area contributed by atoms with Gasteiger partial charge >= 0.3 is 0 Å². The third-order valence-corrected chi connectivity index (χ3v) is 3.53. The van der Waals surface area contributed by atoms with E-state index in [1.54, 1.807) is 0 Å². The highest BCUT2D eigenvalue weighted by Gasteiger charge is 2.27. The fourth-order valence-corrected chi connectivity index (χ4v) is 2.49. The minimum Gasteiger partial charge on any atom is -0.356 e. The zero-order valence-corrected chi connectivity index (χ0v) is 8.95. The Morgan fingerprint density at radius 2 is 2.20 bits per heavy atom. The van der Waals surface area contributed by atoms with Crippen molar-refractivity contribution in [3.63, 3.8) is 0 Å². The van der Waals surface area contributed by atoms with Crippen LogP contribution in [-0.4, -0.2) is 24.6 Å². The Hall–Kier alpha value is -1.09. The number of fused-ring (bicyclic) bond motifs is 1. The average molecular weight is 203 g/mol. The highest BCUT2D eigenvalue weighted by Crippen LogP contribution is 2.26. The van der Waals surface area contributed by atoms with Gasteiger partial charge < -0.3 is 10.6 Å². The predicted octanol–water partition coefficient (Wildman–Crippen LogP) is 0.965. The van der Waals surface area contributed by atoms with Crippen LogP contribution in [0.1, 0.15) is 17.7 Å². The molecule has 0 saturated carbocycles. The van der Waals surface area contributed by atoms with Crippen LogP contribution < -0.4 is 10.6 Å². The normalized spacial score (nSPS) is 20.2. The van der Waals surface area contributed by atoms with Crippen molar-refractivity contribution >= 4 is 5.82 Å². The Labute approximate surface area is 90.3 Å². The molecule has 2 heterocycles. The van der Waals surface area contributed by atoms with Gasteiger partial charge in [-0.05, 0) is 37.4 Å². The molecule has 0 amide bonds. The van der Waals surface area contributed by atoms with E-state index >= 15 is 0 Å². The number of nitrogens with two attached hydrogens (primary N) is 1. The molecule has 1 aromatic rings. The Morgan fingerprint density at radius 1 is 1.33 bits per heavy atom. The van der Waals surface area contributed by atoms with Crippen LogP contribution in [-0.2, 0) is 12.8 Å². The van der Waals surface area contributed by atoms with Crippen molar-refractivity contribution < 1.29 is 0 Å². The molecule has 80 valence electrons. The highest BCUT2D eigenvalue weighted by molar-refractivity contribution is 5.45. The largest absolute Gasteiger partial charge is 0.356 e. The molecule has 1 aromatic heterocycles. The standard InChI is InChI=1S/C12H17N3/c13-6-9-7-15(8-9)12-5-4-10-2-1-3-11(10)14-12/h4-5,9H,1-3,6-8,13H2. The summed E-state index contributed by atoms with van der Waals surface area (Å²) in [6.45, 7) is 2.98. The van der Waals surface area contributed by atoms with E-state index in [4.69, 9.17) is 10.7 Å². The number of hydrogen-bond donors (Lipinski definition) is 1. The van der Waals surface area contributed by atoms with Crippen molar-refractivity contribution in [1.29, 1.82) is 0 Å². The maximum Gasteiger partial charge on any atom is 0.128 e. The van der Waals surface area contributed by atoms with E-state index in [-0.39, 0.29) is 0 Å². The molecule has 0 unspecified atom stereocenters. The third kappa shape index (κ3) is 1.51. The van der Waals surface area contributed by atoms with Gasteiger partial charge in [0.2, 0.25) is 0 Å². The van der Waals surface area contributed by atoms with E-state index in [0.717, 1.165) is 31.9 Å². The first-order valence-corrected chi connectivity index (χ1v) is 5.80. The summed E-state index contributed by atoms with van der Waals surface area (Å²) in [7, 11) is 0. The first-order chi connectivity index (χ1) is 7.36. The van der Waals surface area contributed by atoms with Gasteiger partial charge in [-0.3, -0.25) is 0 Å². The summed E-state index contributed by atoms with van der Waals surface area (Å²) in [6, 6.07) is 4.41. The molecule has 0 atom stereocenters. The Kier molecular flexibility index (Phi) is 2.13. The fraction of sp³-hybridized carbons (Fsp3) is 0.583. The van der Waals surface area contributed by atoms with E-state index in [0.29, 0.717) is 5.92 Å². The predicted molar refractivity (Wildman–Crippen MR) is 61.0 cm³/mol. The molecule has 1 saturated heterocycles. The number of pyridine rings is 1. The van der Waals surface area contributed by atoms with Gasteiger partial charge in [0.05, 0.1) is 0 Å². The SMILES string of the molecule is NCC1CN(c2ccc3c(n2)CCC3)C1. The number of aryl methyl sites for hydroxylation is 2. The first-order valence-electron chi connectivity index (χ1n) is 5.80. The van der Waals surface area contributed by atoms with Crippen LogP contribution in [0.15, 0.2) is 12.1 Å². The molecule has 0 bridgehead atoms. The van der Waals surface area contributed by atoms with Gasteiger partial charge in [-0.15, -0.1) is 0 Å². The summed E-state index contributed by atoms with van der Waals surface area (Å²) in [5, 5.41) is 0. The molecular formula is C12H17N3. The van der Waals surface area contributed by atoms with Crippen LogP contribution in [0.4, 0.5) is 5.82 Å². The van der Waals surface area contributed by atoms with Crippen molar-refractivity contribution in [2.45, 2.75) is 19.3 Å². The summed E-state index contributed by atoms with van der Waals surface area (Å²) in [4.78, 5) is 7.06. The lowest BCUT2D eigenvalue weighted by Gasteiger charge is -2.39. The summed E-state index contributed by atoms with van der Waals surface area (Å²) < 4.78 is 0.